The van der Waals surface area contributed by atoms with Gasteiger partial charge in [-0.3, -0.25) is 14.8 Å². The lowest BCUT2D eigenvalue weighted by molar-refractivity contribution is -0.115. The van der Waals surface area contributed by atoms with E-state index in [9.17, 15) is 13.2 Å². The number of methoxy groups -OCH3 is 1. The summed E-state index contributed by atoms with van der Waals surface area (Å²) < 4.78 is 33.5. The van der Waals surface area contributed by atoms with Crippen LogP contribution in [0.3, 0.4) is 0 Å². The first kappa shape index (κ1) is 24.3. The van der Waals surface area contributed by atoms with E-state index in [1.54, 1.807) is 6.08 Å². The number of carbonyl (C=O) groups is 1. The quantitative estimate of drug-likeness (QED) is 0.303. The van der Waals surface area contributed by atoms with Gasteiger partial charge in [-0.05, 0) is 60.3 Å². The van der Waals surface area contributed by atoms with E-state index in [2.05, 4.69) is 41.3 Å². The van der Waals surface area contributed by atoms with Crippen LogP contribution in [-0.2, 0) is 14.8 Å². The lowest BCUT2D eigenvalue weighted by Crippen LogP contribution is -2.32. The Morgan fingerprint density at radius 3 is 2.39 bits per heavy atom. The summed E-state index contributed by atoms with van der Waals surface area (Å²) in [6, 6.07) is 13.2. The minimum Gasteiger partial charge on any atom is -0.478 e. The number of nitrogens with one attached hydrogen (secondary N) is 3. The Morgan fingerprint density at radius 2 is 1.73 bits per heavy atom. The number of hydrogen-bond acceptors (Lipinski definition) is 7. The molecule has 0 aliphatic rings. The van der Waals surface area contributed by atoms with Gasteiger partial charge in [-0.1, -0.05) is 28.1 Å². The molecule has 3 N–H and O–H groups in total. The van der Waals surface area contributed by atoms with Crippen LogP contribution in [0.25, 0.3) is 6.08 Å². The van der Waals surface area contributed by atoms with Gasteiger partial charge in [-0.25, -0.2) is 18.4 Å². The molecule has 3 rings (SSSR count). The maximum atomic E-state index is 12.6. The van der Waals surface area contributed by atoms with Crippen molar-refractivity contribution in [2.75, 3.05) is 17.1 Å². The Kier molecular flexibility index (Phi) is 8.09. The third-order valence-electron chi connectivity index (χ3n) is 4.05. The summed E-state index contributed by atoms with van der Waals surface area (Å²) in [5, 5.41) is 5.42. The van der Waals surface area contributed by atoms with Crippen molar-refractivity contribution in [2.45, 2.75) is 4.90 Å². The lowest BCUT2D eigenvalue weighted by Gasteiger charge is -2.11. The summed E-state index contributed by atoms with van der Waals surface area (Å²) in [6.45, 7) is 0. The van der Waals surface area contributed by atoms with Gasteiger partial charge in [0, 0.05) is 28.6 Å². The van der Waals surface area contributed by atoms with Crippen molar-refractivity contribution in [3.8, 4) is 5.88 Å². The molecule has 0 aliphatic carbocycles. The van der Waals surface area contributed by atoms with Crippen molar-refractivity contribution in [2.24, 2.45) is 0 Å². The molecule has 0 fully saturated rings. The van der Waals surface area contributed by atoms with Gasteiger partial charge in [-0.2, -0.15) is 0 Å². The van der Waals surface area contributed by atoms with E-state index >= 15 is 0 Å². The van der Waals surface area contributed by atoms with Crippen LogP contribution in [0, 0.1) is 0 Å². The van der Waals surface area contributed by atoms with Crippen LogP contribution in [0.5, 0.6) is 5.88 Å². The predicted octanol–water partition coefficient (Wildman–Crippen LogP) is 3.57. The van der Waals surface area contributed by atoms with Gasteiger partial charge in [0.15, 0.2) is 5.11 Å². The van der Waals surface area contributed by atoms with Gasteiger partial charge in [-0.15, -0.1) is 0 Å². The summed E-state index contributed by atoms with van der Waals surface area (Å²) in [5.41, 5.74) is 1.35. The Labute approximate surface area is 204 Å². The van der Waals surface area contributed by atoms with E-state index in [4.69, 9.17) is 17.0 Å². The van der Waals surface area contributed by atoms with E-state index in [1.165, 1.54) is 49.8 Å². The van der Waals surface area contributed by atoms with Crippen molar-refractivity contribution >= 4 is 66.8 Å². The minimum absolute atomic E-state index is 0.00635. The molecule has 0 saturated heterocycles. The Balaban J connectivity index is 1.58. The molecule has 1 heterocycles. The second kappa shape index (κ2) is 11.0. The second-order valence-corrected chi connectivity index (χ2v) is 9.38. The van der Waals surface area contributed by atoms with Gasteiger partial charge >= 0.3 is 0 Å². The zero-order valence-corrected chi connectivity index (χ0v) is 20.4. The number of nitrogens with zero attached hydrogens (tertiary/aromatic N) is 2. The molecular weight excluding hydrogens is 530 g/mol. The highest BCUT2D eigenvalue weighted by Gasteiger charge is 2.18. The summed E-state index contributed by atoms with van der Waals surface area (Å²) in [7, 11) is -2.56. The maximum Gasteiger partial charge on any atom is 0.263 e. The molecule has 0 radical (unpaired) electrons. The number of amides is 1. The van der Waals surface area contributed by atoms with Crippen LogP contribution in [0.4, 0.5) is 11.5 Å². The molecule has 170 valence electrons. The summed E-state index contributed by atoms with van der Waals surface area (Å²) in [6.07, 6.45) is 5.74. The number of rotatable bonds is 7. The molecule has 9 nitrogen and oxygen atoms in total. The lowest BCUT2D eigenvalue weighted by atomic mass is 10.2. The van der Waals surface area contributed by atoms with Crippen LogP contribution in [0.1, 0.15) is 5.56 Å². The third kappa shape index (κ3) is 7.07. The molecule has 3 aromatic rings. The molecule has 1 amide bonds. The zero-order chi connectivity index (χ0) is 23.8. The van der Waals surface area contributed by atoms with E-state index in [0.29, 0.717) is 5.69 Å². The standard InChI is InChI=1S/C21H18BrN5O4S2/c1-31-20-19(23-12-13-24-20)27-33(29,30)17-9-7-16(8-10-17)25-21(32)26-18(28)11-4-14-2-5-15(22)6-3-14/h2-13H,1H3,(H,23,27)(H2,25,26,28,32)/b11-4+. The van der Waals surface area contributed by atoms with Gasteiger partial charge in [0.25, 0.3) is 15.9 Å². The number of ether oxygens (including phenoxy) is 1. The van der Waals surface area contributed by atoms with Crippen LogP contribution < -0.4 is 20.1 Å². The Bertz CT molecular complexity index is 1280. The predicted molar refractivity (Wildman–Crippen MR) is 133 cm³/mol. The fourth-order valence-corrected chi connectivity index (χ4v) is 4.00. The maximum absolute atomic E-state index is 12.6. The molecule has 0 spiro atoms. The molecular formula is C21H18BrN5O4S2. The molecule has 0 saturated carbocycles. The van der Waals surface area contributed by atoms with E-state index < -0.39 is 15.9 Å². The number of halogens is 1. The molecule has 0 unspecified atom stereocenters. The first-order chi connectivity index (χ1) is 15.8. The fourth-order valence-electron chi connectivity index (χ4n) is 2.51. The Hall–Kier alpha value is -3.35. The van der Waals surface area contributed by atoms with Crippen LogP contribution in [-0.4, -0.2) is 36.5 Å². The van der Waals surface area contributed by atoms with E-state index in [1.807, 2.05) is 24.3 Å². The monoisotopic (exact) mass is 547 g/mol. The highest BCUT2D eigenvalue weighted by molar-refractivity contribution is 9.10. The van der Waals surface area contributed by atoms with Crippen molar-refractivity contribution in [1.82, 2.24) is 15.3 Å². The van der Waals surface area contributed by atoms with Gasteiger partial charge in [0.2, 0.25) is 11.7 Å². The average molecular weight is 548 g/mol. The fraction of sp³-hybridized carbons (Fsp3) is 0.0476. The largest absolute Gasteiger partial charge is 0.478 e. The summed E-state index contributed by atoms with van der Waals surface area (Å²) >= 11 is 8.49. The molecule has 0 atom stereocenters. The van der Waals surface area contributed by atoms with E-state index in [0.717, 1.165) is 10.0 Å². The van der Waals surface area contributed by atoms with Crippen molar-refractivity contribution in [1.29, 1.82) is 0 Å². The van der Waals surface area contributed by atoms with Crippen LogP contribution in [0.2, 0.25) is 0 Å². The number of hydrogen-bond donors (Lipinski definition) is 3. The van der Waals surface area contributed by atoms with Crippen LogP contribution in [0.15, 0.2) is 76.4 Å². The molecule has 12 heteroatoms. The van der Waals surface area contributed by atoms with E-state index in [-0.39, 0.29) is 21.7 Å². The first-order valence-corrected chi connectivity index (χ1v) is 12.0. The first-order valence-electron chi connectivity index (χ1n) is 9.30. The van der Waals surface area contributed by atoms with Gasteiger partial charge in [0.1, 0.15) is 0 Å². The number of aromatic nitrogens is 2. The molecule has 33 heavy (non-hydrogen) atoms. The average Bonchev–Trinajstić information content (AvgIpc) is 2.79. The molecule has 0 bridgehead atoms. The molecule has 2 aromatic carbocycles. The highest BCUT2D eigenvalue weighted by atomic mass is 79.9. The Morgan fingerprint density at radius 1 is 1.06 bits per heavy atom. The normalized spacial score (nSPS) is 11.1. The summed E-state index contributed by atoms with van der Waals surface area (Å²) in [5.74, 6) is -0.381. The second-order valence-electron chi connectivity index (χ2n) is 6.37. The molecule has 1 aromatic heterocycles. The van der Waals surface area contributed by atoms with Crippen molar-refractivity contribution in [3.05, 3.63) is 77.0 Å². The van der Waals surface area contributed by atoms with Crippen molar-refractivity contribution in [3.63, 3.8) is 0 Å². The molecule has 0 aliphatic heterocycles. The minimum atomic E-state index is -3.92. The van der Waals surface area contributed by atoms with Crippen LogP contribution >= 0.6 is 28.1 Å². The smallest absolute Gasteiger partial charge is 0.263 e. The van der Waals surface area contributed by atoms with Crippen molar-refractivity contribution < 1.29 is 17.9 Å². The van der Waals surface area contributed by atoms with Gasteiger partial charge in [0.05, 0.1) is 12.0 Å². The highest BCUT2D eigenvalue weighted by Crippen LogP contribution is 2.22. The number of sulfonamides is 1. The number of anilines is 2. The summed E-state index contributed by atoms with van der Waals surface area (Å²) in [4.78, 5) is 19.9. The zero-order valence-electron chi connectivity index (χ0n) is 17.2. The third-order valence-corrected chi connectivity index (χ3v) is 6.13. The number of thiocarbonyl (C=S) groups is 1. The number of carbonyl (C=O) groups excluding carboxylic acids is 1. The SMILES string of the molecule is COc1nccnc1NS(=O)(=O)c1ccc(NC(=S)NC(=O)/C=C/c2ccc(Br)cc2)cc1. The number of benzene rings is 2. The topological polar surface area (TPSA) is 122 Å². The van der Waals surface area contributed by atoms with Gasteiger partial charge < -0.3 is 10.1 Å².